The molecule has 0 bridgehead atoms. The predicted octanol–water partition coefficient (Wildman–Crippen LogP) is 2.21. The summed E-state index contributed by atoms with van der Waals surface area (Å²) in [7, 11) is -0.395. The Hall–Kier alpha value is -2.71. The highest BCUT2D eigenvalue weighted by Gasteiger charge is 2.29. The SMILES string of the molecule is CN(C)S(=O)(=O)Cc1cccc(NC(=O)C2CC(c3ccccc3)=NO2)c1. The van der Waals surface area contributed by atoms with Gasteiger partial charge in [0.1, 0.15) is 0 Å². The summed E-state index contributed by atoms with van der Waals surface area (Å²) in [5.41, 5.74) is 2.75. The molecule has 1 aliphatic heterocycles. The van der Waals surface area contributed by atoms with E-state index >= 15 is 0 Å². The van der Waals surface area contributed by atoms with E-state index < -0.39 is 16.1 Å². The molecule has 27 heavy (non-hydrogen) atoms. The van der Waals surface area contributed by atoms with Crippen LogP contribution in [0, 0.1) is 0 Å². The van der Waals surface area contributed by atoms with Gasteiger partial charge in [0.25, 0.3) is 5.91 Å². The molecule has 1 N–H and O–H groups in total. The number of hydrogen-bond donors (Lipinski definition) is 1. The van der Waals surface area contributed by atoms with Gasteiger partial charge in [0.2, 0.25) is 16.1 Å². The monoisotopic (exact) mass is 387 g/mol. The number of amides is 1. The van der Waals surface area contributed by atoms with Gasteiger partial charge < -0.3 is 10.2 Å². The minimum atomic E-state index is -3.37. The fraction of sp³-hybridized carbons (Fsp3) is 0.263. The Kier molecular flexibility index (Phi) is 5.57. The summed E-state index contributed by atoms with van der Waals surface area (Å²) in [4.78, 5) is 17.7. The van der Waals surface area contributed by atoms with Crippen LogP contribution in [0.15, 0.2) is 59.8 Å². The molecule has 7 nitrogen and oxygen atoms in total. The summed E-state index contributed by atoms with van der Waals surface area (Å²) in [5, 5.41) is 6.77. The number of rotatable bonds is 6. The minimum Gasteiger partial charge on any atom is -0.382 e. The van der Waals surface area contributed by atoms with Crippen LogP contribution in [0.1, 0.15) is 17.5 Å². The van der Waals surface area contributed by atoms with Gasteiger partial charge in [-0.15, -0.1) is 0 Å². The van der Waals surface area contributed by atoms with E-state index in [0.29, 0.717) is 17.7 Å². The normalized spacial score (nSPS) is 16.7. The molecule has 2 aromatic carbocycles. The second kappa shape index (κ2) is 7.89. The molecule has 0 aliphatic carbocycles. The summed E-state index contributed by atoms with van der Waals surface area (Å²) in [5.74, 6) is -0.456. The Labute approximate surface area is 158 Å². The second-order valence-corrected chi connectivity index (χ2v) is 8.61. The Morgan fingerprint density at radius 2 is 1.93 bits per heavy atom. The molecule has 3 rings (SSSR count). The highest BCUT2D eigenvalue weighted by Crippen LogP contribution is 2.19. The number of hydrogen-bond acceptors (Lipinski definition) is 5. The molecule has 1 amide bonds. The fourth-order valence-electron chi connectivity index (χ4n) is 2.62. The van der Waals surface area contributed by atoms with Gasteiger partial charge in [0.05, 0.1) is 11.5 Å². The number of nitrogens with one attached hydrogen (secondary N) is 1. The quantitative estimate of drug-likeness (QED) is 0.823. The number of nitrogens with zero attached hydrogens (tertiary/aromatic N) is 2. The molecular formula is C19H21N3O4S. The fourth-order valence-corrected chi connectivity index (χ4v) is 3.48. The van der Waals surface area contributed by atoms with Gasteiger partial charge in [-0.1, -0.05) is 47.6 Å². The lowest BCUT2D eigenvalue weighted by Gasteiger charge is -2.13. The van der Waals surface area contributed by atoms with Gasteiger partial charge in [0.15, 0.2) is 0 Å². The molecule has 0 radical (unpaired) electrons. The number of sulfonamides is 1. The molecule has 8 heteroatoms. The molecule has 0 fully saturated rings. The molecule has 1 aliphatic rings. The van der Waals surface area contributed by atoms with E-state index in [4.69, 9.17) is 4.84 Å². The highest BCUT2D eigenvalue weighted by molar-refractivity contribution is 7.88. The summed E-state index contributed by atoms with van der Waals surface area (Å²) in [6.07, 6.45) is -0.334. The van der Waals surface area contributed by atoms with E-state index in [0.717, 1.165) is 11.3 Å². The van der Waals surface area contributed by atoms with Crippen LogP contribution < -0.4 is 5.32 Å². The lowest BCUT2D eigenvalue weighted by molar-refractivity contribution is -0.125. The maximum Gasteiger partial charge on any atom is 0.268 e. The van der Waals surface area contributed by atoms with Gasteiger partial charge in [0, 0.05) is 26.2 Å². The van der Waals surface area contributed by atoms with Crippen LogP contribution in [0.3, 0.4) is 0 Å². The largest absolute Gasteiger partial charge is 0.382 e. The third kappa shape index (κ3) is 4.72. The van der Waals surface area contributed by atoms with Crippen molar-refractivity contribution in [2.24, 2.45) is 5.16 Å². The predicted molar refractivity (Wildman–Crippen MR) is 104 cm³/mol. The average molecular weight is 387 g/mol. The van der Waals surface area contributed by atoms with Crippen molar-refractivity contribution in [2.45, 2.75) is 18.3 Å². The third-order valence-electron chi connectivity index (χ3n) is 4.17. The first-order valence-electron chi connectivity index (χ1n) is 8.43. The van der Waals surface area contributed by atoms with E-state index in [1.54, 1.807) is 24.3 Å². The Morgan fingerprint density at radius 1 is 1.19 bits per heavy atom. The summed E-state index contributed by atoms with van der Waals surface area (Å²) in [6, 6.07) is 16.3. The van der Waals surface area contributed by atoms with Crippen molar-refractivity contribution in [1.29, 1.82) is 0 Å². The van der Waals surface area contributed by atoms with Gasteiger partial charge in [-0.05, 0) is 23.3 Å². The van der Waals surface area contributed by atoms with E-state index in [1.807, 2.05) is 30.3 Å². The zero-order chi connectivity index (χ0) is 19.4. The van der Waals surface area contributed by atoms with Crippen LogP contribution in [-0.2, 0) is 25.4 Å². The molecular weight excluding hydrogens is 366 g/mol. The lowest BCUT2D eigenvalue weighted by atomic mass is 10.0. The van der Waals surface area contributed by atoms with Crippen LogP contribution in [0.4, 0.5) is 5.69 Å². The van der Waals surface area contributed by atoms with Crippen molar-refractivity contribution in [3.63, 3.8) is 0 Å². The lowest BCUT2D eigenvalue weighted by Crippen LogP contribution is -2.28. The standard InChI is InChI=1S/C19H21N3O4S/c1-22(2)27(24,25)13-14-7-6-10-16(11-14)20-19(23)18-12-17(21-26-18)15-8-4-3-5-9-15/h3-11,18H,12-13H2,1-2H3,(H,20,23). The van der Waals surface area contributed by atoms with Crippen molar-refractivity contribution in [1.82, 2.24) is 4.31 Å². The van der Waals surface area contributed by atoms with Crippen molar-refractivity contribution in [3.05, 3.63) is 65.7 Å². The van der Waals surface area contributed by atoms with Gasteiger partial charge in [-0.3, -0.25) is 4.79 Å². The van der Waals surface area contributed by atoms with Crippen LogP contribution in [0.25, 0.3) is 0 Å². The molecule has 0 saturated carbocycles. The Morgan fingerprint density at radius 3 is 2.63 bits per heavy atom. The number of carbonyl (C=O) groups is 1. The zero-order valence-electron chi connectivity index (χ0n) is 15.1. The average Bonchev–Trinajstić information content (AvgIpc) is 3.12. The molecule has 2 aromatic rings. The Balaban J connectivity index is 1.63. The summed E-state index contributed by atoms with van der Waals surface area (Å²) >= 11 is 0. The van der Waals surface area contributed by atoms with Gasteiger partial charge >= 0.3 is 0 Å². The number of benzene rings is 2. The zero-order valence-corrected chi connectivity index (χ0v) is 15.9. The Bertz CT molecular complexity index is 956. The first kappa shape index (κ1) is 19.1. The van der Waals surface area contributed by atoms with Crippen LogP contribution >= 0.6 is 0 Å². The highest BCUT2D eigenvalue weighted by atomic mass is 32.2. The topological polar surface area (TPSA) is 88.1 Å². The van der Waals surface area contributed by atoms with Crippen molar-refractivity contribution < 1.29 is 18.0 Å². The molecule has 0 aromatic heterocycles. The van der Waals surface area contributed by atoms with Crippen LogP contribution in [-0.4, -0.2) is 44.5 Å². The van der Waals surface area contributed by atoms with E-state index in [1.165, 1.54) is 18.4 Å². The van der Waals surface area contributed by atoms with Crippen LogP contribution in [0.2, 0.25) is 0 Å². The van der Waals surface area contributed by atoms with E-state index in [9.17, 15) is 13.2 Å². The third-order valence-corrected chi connectivity index (χ3v) is 5.98. The molecule has 0 spiro atoms. The van der Waals surface area contributed by atoms with Crippen LogP contribution in [0.5, 0.6) is 0 Å². The number of anilines is 1. The summed E-state index contributed by atoms with van der Waals surface area (Å²) < 4.78 is 25.2. The minimum absolute atomic E-state index is 0.134. The second-order valence-electron chi connectivity index (χ2n) is 6.43. The van der Waals surface area contributed by atoms with Gasteiger partial charge in [-0.2, -0.15) is 0 Å². The van der Waals surface area contributed by atoms with E-state index in [-0.39, 0.29) is 11.7 Å². The first-order chi connectivity index (χ1) is 12.8. The summed E-state index contributed by atoms with van der Waals surface area (Å²) in [6.45, 7) is 0. The van der Waals surface area contributed by atoms with Crippen molar-refractivity contribution in [2.75, 3.05) is 19.4 Å². The molecule has 1 heterocycles. The maximum atomic E-state index is 12.5. The smallest absolute Gasteiger partial charge is 0.268 e. The number of oxime groups is 1. The molecule has 1 atom stereocenters. The maximum absolute atomic E-state index is 12.5. The number of carbonyl (C=O) groups excluding carboxylic acids is 1. The van der Waals surface area contributed by atoms with Gasteiger partial charge in [-0.25, -0.2) is 12.7 Å². The molecule has 142 valence electrons. The van der Waals surface area contributed by atoms with Crippen molar-refractivity contribution in [3.8, 4) is 0 Å². The van der Waals surface area contributed by atoms with Crippen molar-refractivity contribution >= 4 is 27.3 Å². The first-order valence-corrected chi connectivity index (χ1v) is 10.0. The van der Waals surface area contributed by atoms with E-state index in [2.05, 4.69) is 10.5 Å². The molecule has 0 saturated heterocycles. The molecule has 1 unspecified atom stereocenters.